The van der Waals surface area contributed by atoms with Crippen molar-refractivity contribution in [2.24, 2.45) is 11.8 Å². The molecule has 1 aromatic heterocycles. The third kappa shape index (κ3) is 5.10. The largest absolute Gasteiger partial charge is 0.322 e. The Balaban J connectivity index is 1.55. The molecule has 2 atom stereocenters. The summed E-state index contributed by atoms with van der Waals surface area (Å²) in [6.45, 7) is 5.11. The Kier molecular flexibility index (Phi) is 6.82. The summed E-state index contributed by atoms with van der Waals surface area (Å²) in [5, 5.41) is 15.1. The SMILES string of the molecule is CSc1nnnn1-c1cccc(NC(=O)c2cccc(S(=O)(=O)N3CC(C)CC(C)C3)c2)c1. The summed E-state index contributed by atoms with van der Waals surface area (Å²) in [6, 6.07) is 13.3. The molecule has 0 aliphatic carbocycles. The Labute approximate surface area is 197 Å². The van der Waals surface area contributed by atoms with Gasteiger partial charge in [-0.2, -0.15) is 8.99 Å². The van der Waals surface area contributed by atoms with Crippen LogP contribution in [0.15, 0.2) is 58.6 Å². The van der Waals surface area contributed by atoms with Gasteiger partial charge >= 0.3 is 0 Å². The molecule has 4 rings (SSSR count). The molecule has 0 spiro atoms. The molecular weight excluding hydrogens is 460 g/mol. The first kappa shape index (κ1) is 23.4. The van der Waals surface area contributed by atoms with E-state index in [2.05, 4.69) is 34.7 Å². The number of amides is 1. The number of carbonyl (C=O) groups is 1. The van der Waals surface area contributed by atoms with Crippen molar-refractivity contribution in [3.63, 3.8) is 0 Å². The number of tetrazole rings is 1. The molecule has 1 amide bonds. The van der Waals surface area contributed by atoms with Crippen LogP contribution >= 0.6 is 11.8 Å². The van der Waals surface area contributed by atoms with Gasteiger partial charge in [-0.1, -0.05) is 37.7 Å². The molecule has 0 radical (unpaired) electrons. The first-order chi connectivity index (χ1) is 15.8. The highest BCUT2D eigenvalue weighted by Crippen LogP contribution is 2.27. The number of nitrogens with zero attached hydrogens (tertiary/aromatic N) is 5. The van der Waals surface area contributed by atoms with Crippen molar-refractivity contribution in [2.75, 3.05) is 24.7 Å². The Morgan fingerprint density at radius 1 is 1.09 bits per heavy atom. The molecule has 33 heavy (non-hydrogen) atoms. The number of aromatic nitrogens is 4. The summed E-state index contributed by atoms with van der Waals surface area (Å²) in [6.07, 6.45) is 2.89. The van der Waals surface area contributed by atoms with E-state index >= 15 is 0 Å². The van der Waals surface area contributed by atoms with Gasteiger partial charge in [0.05, 0.1) is 10.6 Å². The summed E-state index contributed by atoms with van der Waals surface area (Å²) < 4.78 is 29.5. The summed E-state index contributed by atoms with van der Waals surface area (Å²) in [5.41, 5.74) is 1.52. The third-order valence-electron chi connectivity index (χ3n) is 5.54. The molecule has 2 heterocycles. The van der Waals surface area contributed by atoms with E-state index in [4.69, 9.17) is 0 Å². The molecule has 1 aliphatic heterocycles. The van der Waals surface area contributed by atoms with E-state index in [0.717, 1.165) is 6.42 Å². The number of nitrogens with one attached hydrogen (secondary N) is 1. The minimum Gasteiger partial charge on any atom is -0.322 e. The molecule has 2 unspecified atom stereocenters. The summed E-state index contributed by atoms with van der Waals surface area (Å²) in [4.78, 5) is 13.1. The molecule has 2 aromatic carbocycles. The van der Waals surface area contributed by atoms with E-state index in [1.54, 1.807) is 41.1 Å². The number of rotatable bonds is 6. The van der Waals surface area contributed by atoms with Gasteiger partial charge in [0.25, 0.3) is 5.91 Å². The molecule has 1 fully saturated rings. The van der Waals surface area contributed by atoms with Gasteiger partial charge in [0, 0.05) is 24.3 Å². The number of piperidine rings is 1. The van der Waals surface area contributed by atoms with Crippen LogP contribution < -0.4 is 5.32 Å². The monoisotopic (exact) mass is 486 g/mol. The predicted molar refractivity (Wildman–Crippen MR) is 127 cm³/mol. The van der Waals surface area contributed by atoms with E-state index in [1.807, 2.05) is 12.3 Å². The van der Waals surface area contributed by atoms with Gasteiger partial charge in [-0.15, -0.1) is 5.10 Å². The standard InChI is InChI=1S/C22H26N6O3S2/c1-15-10-16(2)14-27(13-15)33(30,31)20-9-4-6-17(11-20)21(29)23-18-7-5-8-19(12-18)28-22(32-3)24-25-26-28/h4-9,11-12,15-16H,10,13-14H2,1-3H3,(H,23,29). The van der Waals surface area contributed by atoms with Crippen LogP contribution in [0.2, 0.25) is 0 Å². The normalized spacial score (nSPS) is 19.4. The molecule has 0 bridgehead atoms. The zero-order valence-corrected chi connectivity index (χ0v) is 20.3. The molecule has 11 heteroatoms. The van der Waals surface area contributed by atoms with Crippen molar-refractivity contribution in [1.82, 2.24) is 24.5 Å². The fourth-order valence-electron chi connectivity index (χ4n) is 4.14. The lowest BCUT2D eigenvalue weighted by atomic mass is 9.94. The number of hydrogen-bond donors (Lipinski definition) is 1. The minimum atomic E-state index is -3.68. The molecule has 174 valence electrons. The van der Waals surface area contributed by atoms with Crippen molar-refractivity contribution in [3.8, 4) is 5.69 Å². The Hall–Kier alpha value is -2.76. The number of carbonyl (C=O) groups excluding carboxylic acids is 1. The van der Waals surface area contributed by atoms with Crippen molar-refractivity contribution in [1.29, 1.82) is 0 Å². The molecule has 1 N–H and O–H groups in total. The second-order valence-electron chi connectivity index (χ2n) is 8.38. The van der Waals surface area contributed by atoms with Crippen LogP contribution in [0.5, 0.6) is 0 Å². The van der Waals surface area contributed by atoms with E-state index in [9.17, 15) is 13.2 Å². The Morgan fingerprint density at radius 3 is 2.55 bits per heavy atom. The van der Waals surface area contributed by atoms with Gasteiger partial charge in [-0.05, 0) is 71.3 Å². The van der Waals surface area contributed by atoms with Crippen molar-refractivity contribution in [2.45, 2.75) is 30.3 Å². The first-order valence-corrected chi connectivity index (χ1v) is 13.3. The average molecular weight is 487 g/mol. The third-order valence-corrected chi connectivity index (χ3v) is 7.99. The van der Waals surface area contributed by atoms with Crippen LogP contribution in [-0.4, -0.2) is 58.2 Å². The first-order valence-electron chi connectivity index (χ1n) is 10.6. The fraction of sp³-hybridized carbons (Fsp3) is 0.364. The summed E-state index contributed by atoms with van der Waals surface area (Å²) in [5.74, 6) is 0.203. The summed E-state index contributed by atoms with van der Waals surface area (Å²) in [7, 11) is -3.68. The second kappa shape index (κ2) is 9.62. The topological polar surface area (TPSA) is 110 Å². The van der Waals surface area contributed by atoms with E-state index < -0.39 is 15.9 Å². The molecule has 9 nitrogen and oxygen atoms in total. The van der Waals surface area contributed by atoms with Gasteiger partial charge < -0.3 is 5.32 Å². The fourth-order valence-corrected chi connectivity index (χ4v) is 6.29. The maximum atomic E-state index is 13.2. The van der Waals surface area contributed by atoms with Crippen molar-refractivity contribution in [3.05, 3.63) is 54.1 Å². The number of anilines is 1. The highest BCUT2D eigenvalue weighted by molar-refractivity contribution is 7.98. The maximum absolute atomic E-state index is 13.2. The van der Waals surface area contributed by atoms with Gasteiger partial charge in [-0.25, -0.2) is 8.42 Å². The Morgan fingerprint density at radius 2 is 1.82 bits per heavy atom. The van der Waals surface area contributed by atoms with Gasteiger partial charge in [0.1, 0.15) is 0 Å². The van der Waals surface area contributed by atoms with Crippen LogP contribution in [0.4, 0.5) is 5.69 Å². The quantitative estimate of drug-likeness (QED) is 0.532. The Bertz CT molecular complexity index is 1250. The van der Waals surface area contributed by atoms with Crippen LogP contribution in [0.1, 0.15) is 30.6 Å². The smallest absolute Gasteiger partial charge is 0.255 e. The van der Waals surface area contributed by atoms with E-state index in [1.165, 1.54) is 22.1 Å². The minimum absolute atomic E-state index is 0.128. The van der Waals surface area contributed by atoms with E-state index in [0.29, 0.717) is 41.5 Å². The molecular formula is C22H26N6O3S2. The van der Waals surface area contributed by atoms with Gasteiger partial charge in [0.15, 0.2) is 0 Å². The lowest BCUT2D eigenvalue weighted by Crippen LogP contribution is -2.42. The van der Waals surface area contributed by atoms with Crippen molar-refractivity contribution < 1.29 is 13.2 Å². The number of sulfonamides is 1. The number of hydrogen-bond acceptors (Lipinski definition) is 7. The van der Waals surface area contributed by atoms with Gasteiger partial charge in [0.2, 0.25) is 15.2 Å². The van der Waals surface area contributed by atoms with E-state index in [-0.39, 0.29) is 10.5 Å². The summed E-state index contributed by atoms with van der Waals surface area (Å²) >= 11 is 1.41. The van der Waals surface area contributed by atoms with Crippen LogP contribution in [0.3, 0.4) is 0 Å². The second-order valence-corrected chi connectivity index (χ2v) is 11.1. The number of benzene rings is 2. The lowest BCUT2D eigenvalue weighted by molar-refractivity contribution is 0.102. The van der Waals surface area contributed by atoms with Crippen LogP contribution in [-0.2, 0) is 10.0 Å². The molecule has 1 aliphatic rings. The maximum Gasteiger partial charge on any atom is 0.255 e. The molecule has 3 aromatic rings. The zero-order valence-electron chi connectivity index (χ0n) is 18.7. The number of thioether (sulfide) groups is 1. The lowest BCUT2D eigenvalue weighted by Gasteiger charge is -2.34. The predicted octanol–water partition coefficient (Wildman–Crippen LogP) is 3.30. The van der Waals surface area contributed by atoms with Crippen molar-refractivity contribution >= 4 is 33.4 Å². The zero-order chi connectivity index (χ0) is 23.6. The van der Waals surface area contributed by atoms with Gasteiger partial charge in [-0.3, -0.25) is 4.79 Å². The molecule has 0 saturated carbocycles. The average Bonchev–Trinajstić information content (AvgIpc) is 3.28. The molecule has 1 saturated heterocycles. The highest BCUT2D eigenvalue weighted by Gasteiger charge is 2.32. The van der Waals surface area contributed by atoms with Crippen LogP contribution in [0.25, 0.3) is 5.69 Å². The van der Waals surface area contributed by atoms with Crippen LogP contribution in [0, 0.1) is 11.8 Å². The highest BCUT2D eigenvalue weighted by atomic mass is 32.2.